The second kappa shape index (κ2) is 6.95. The van der Waals surface area contributed by atoms with Crippen LogP contribution in [-0.4, -0.2) is 27.9 Å². The van der Waals surface area contributed by atoms with E-state index < -0.39 is 5.97 Å². The highest BCUT2D eigenvalue weighted by atomic mass is 16.4. The lowest BCUT2D eigenvalue weighted by molar-refractivity contribution is -0.116. The fourth-order valence-corrected chi connectivity index (χ4v) is 2.94. The molecule has 0 saturated carbocycles. The van der Waals surface area contributed by atoms with Crippen LogP contribution in [-0.2, 0) is 11.2 Å². The molecule has 0 fully saturated rings. The van der Waals surface area contributed by atoms with Crippen molar-refractivity contribution in [3.05, 3.63) is 58.4 Å². The zero-order valence-corrected chi connectivity index (χ0v) is 14.5. The fourth-order valence-electron chi connectivity index (χ4n) is 2.94. The van der Waals surface area contributed by atoms with Gasteiger partial charge in [-0.15, -0.1) is 0 Å². The van der Waals surface area contributed by atoms with Gasteiger partial charge in [-0.2, -0.15) is 0 Å². The van der Waals surface area contributed by atoms with Crippen molar-refractivity contribution < 1.29 is 19.5 Å². The first-order valence-corrected chi connectivity index (χ1v) is 8.29. The molecule has 0 saturated heterocycles. The summed E-state index contributed by atoms with van der Waals surface area (Å²) in [5.41, 5.74) is 3.32. The molecule has 0 aliphatic carbocycles. The Hall–Kier alpha value is -3.22. The summed E-state index contributed by atoms with van der Waals surface area (Å²) in [4.78, 5) is 39.0. The lowest BCUT2D eigenvalue weighted by Crippen LogP contribution is -2.28. The summed E-state index contributed by atoms with van der Waals surface area (Å²) in [7, 11) is 0. The van der Waals surface area contributed by atoms with E-state index in [-0.39, 0.29) is 29.1 Å². The van der Waals surface area contributed by atoms with E-state index >= 15 is 0 Å². The number of carbonyl (C=O) groups excluding carboxylic acids is 2. The molecule has 3 rings (SSSR count). The number of aromatic nitrogens is 1. The van der Waals surface area contributed by atoms with Crippen molar-refractivity contribution in [2.45, 2.75) is 32.7 Å². The number of hydrogen-bond acceptors (Lipinski definition) is 4. The topological polar surface area (TPSA) is 108 Å². The van der Waals surface area contributed by atoms with Crippen LogP contribution in [0.3, 0.4) is 0 Å². The van der Waals surface area contributed by atoms with Gasteiger partial charge in [0.15, 0.2) is 0 Å². The van der Waals surface area contributed by atoms with E-state index in [4.69, 9.17) is 5.11 Å². The third kappa shape index (κ3) is 3.56. The highest BCUT2D eigenvalue weighted by Gasteiger charge is 2.19. The smallest absolute Gasteiger partial charge is 0.337 e. The van der Waals surface area contributed by atoms with Crippen LogP contribution in [0.25, 0.3) is 0 Å². The summed E-state index contributed by atoms with van der Waals surface area (Å²) in [5.74, 6) is -1.43. The molecule has 2 aromatic rings. The number of nitrogens with one attached hydrogen (secondary N) is 2. The van der Waals surface area contributed by atoms with Gasteiger partial charge >= 0.3 is 5.97 Å². The number of carboxylic acids is 1. The minimum Gasteiger partial charge on any atom is -0.478 e. The summed E-state index contributed by atoms with van der Waals surface area (Å²) in [5, 5.41) is 14.7. The molecule has 1 aliphatic heterocycles. The Morgan fingerprint density at radius 2 is 2.00 bits per heavy atom. The van der Waals surface area contributed by atoms with Gasteiger partial charge in [0.25, 0.3) is 5.91 Å². The molecule has 0 spiro atoms. The van der Waals surface area contributed by atoms with Crippen LogP contribution >= 0.6 is 0 Å². The molecule has 134 valence electrons. The summed E-state index contributed by atoms with van der Waals surface area (Å²) < 4.78 is 0. The van der Waals surface area contributed by atoms with E-state index in [1.807, 2.05) is 25.1 Å². The van der Waals surface area contributed by atoms with Gasteiger partial charge in [-0.1, -0.05) is 12.1 Å². The zero-order chi connectivity index (χ0) is 18.8. The summed E-state index contributed by atoms with van der Waals surface area (Å²) in [6.45, 7) is 3.42. The number of fused-ring (bicyclic) bond motifs is 1. The maximum Gasteiger partial charge on any atom is 0.337 e. The number of anilines is 1. The van der Waals surface area contributed by atoms with E-state index in [1.165, 1.54) is 12.1 Å². The highest BCUT2D eigenvalue weighted by Crippen LogP contribution is 2.26. The Morgan fingerprint density at radius 3 is 2.69 bits per heavy atom. The SMILES string of the molecule is Cc1nc(C(=O)NC(C)c2ccc3c(c2)CCC(=O)N3)ccc1C(=O)O. The molecule has 0 radical (unpaired) electrons. The van der Waals surface area contributed by atoms with Crippen LogP contribution < -0.4 is 10.6 Å². The van der Waals surface area contributed by atoms with Gasteiger partial charge in [-0.05, 0) is 49.6 Å². The standard InChI is InChI=1S/C19H19N3O4/c1-10(12-3-6-15-13(9-12)4-8-17(23)22-15)21-18(24)16-7-5-14(19(25)26)11(2)20-16/h3,5-7,9-10H,4,8H2,1-2H3,(H,21,24)(H,22,23)(H,25,26). The number of rotatable bonds is 4. The van der Waals surface area contributed by atoms with Gasteiger partial charge < -0.3 is 15.7 Å². The van der Waals surface area contributed by atoms with Crippen molar-refractivity contribution in [2.24, 2.45) is 0 Å². The summed E-state index contributed by atoms with van der Waals surface area (Å²) in [6, 6.07) is 8.21. The molecule has 1 aromatic carbocycles. The van der Waals surface area contributed by atoms with Crippen molar-refractivity contribution in [1.82, 2.24) is 10.3 Å². The molecule has 26 heavy (non-hydrogen) atoms. The van der Waals surface area contributed by atoms with Gasteiger partial charge in [-0.25, -0.2) is 9.78 Å². The predicted molar refractivity (Wildman–Crippen MR) is 95.2 cm³/mol. The lowest BCUT2D eigenvalue weighted by Gasteiger charge is -2.20. The molecule has 0 bridgehead atoms. The minimum absolute atomic E-state index is 0.0119. The summed E-state index contributed by atoms with van der Waals surface area (Å²) in [6.07, 6.45) is 1.13. The molecular formula is C19H19N3O4. The van der Waals surface area contributed by atoms with Crippen molar-refractivity contribution >= 4 is 23.5 Å². The lowest BCUT2D eigenvalue weighted by atomic mass is 9.97. The van der Waals surface area contributed by atoms with E-state index in [0.717, 1.165) is 16.8 Å². The molecule has 2 heterocycles. The quantitative estimate of drug-likeness (QED) is 0.782. The maximum absolute atomic E-state index is 12.4. The van der Waals surface area contributed by atoms with Gasteiger partial charge in [0, 0.05) is 12.1 Å². The number of carbonyl (C=O) groups is 3. The van der Waals surface area contributed by atoms with Crippen molar-refractivity contribution in [2.75, 3.05) is 5.32 Å². The number of aromatic carboxylic acids is 1. The monoisotopic (exact) mass is 353 g/mol. The molecule has 1 atom stereocenters. The molecule has 1 aliphatic rings. The van der Waals surface area contributed by atoms with Crippen LogP contribution in [0.4, 0.5) is 5.69 Å². The third-order valence-electron chi connectivity index (χ3n) is 4.42. The number of aryl methyl sites for hydroxylation is 2. The first kappa shape index (κ1) is 17.6. The van der Waals surface area contributed by atoms with Crippen molar-refractivity contribution in [1.29, 1.82) is 0 Å². The summed E-state index contributed by atoms with van der Waals surface area (Å²) >= 11 is 0. The second-order valence-corrected chi connectivity index (χ2v) is 6.29. The number of nitrogens with zero attached hydrogens (tertiary/aromatic N) is 1. The molecule has 7 nitrogen and oxygen atoms in total. The van der Waals surface area contributed by atoms with Crippen molar-refractivity contribution in [3.8, 4) is 0 Å². The average molecular weight is 353 g/mol. The zero-order valence-electron chi connectivity index (χ0n) is 14.5. The van der Waals surface area contributed by atoms with Gasteiger partial charge in [0.1, 0.15) is 5.69 Å². The number of benzene rings is 1. The Kier molecular flexibility index (Phi) is 4.71. The Bertz CT molecular complexity index is 908. The first-order chi connectivity index (χ1) is 12.3. The van der Waals surface area contributed by atoms with Crippen LogP contribution in [0.2, 0.25) is 0 Å². The largest absolute Gasteiger partial charge is 0.478 e. The molecular weight excluding hydrogens is 334 g/mol. The van der Waals surface area contributed by atoms with Crippen LogP contribution in [0.5, 0.6) is 0 Å². The number of amides is 2. The normalized spacial score (nSPS) is 14.2. The van der Waals surface area contributed by atoms with Crippen LogP contribution in [0.1, 0.15) is 57.1 Å². The maximum atomic E-state index is 12.4. The average Bonchev–Trinajstić information content (AvgIpc) is 2.60. The Labute approximate surface area is 150 Å². The molecule has 1 aromatic heterocycles. The number of hydrogen-bond donors (Lipinski definition) is 3. The highest BCUT2D eigenvalue weighted by molar-refractivity contribution is 5.95. The molecule has 7 heteroatoms. The van der Waals surface area contributed by atoms with Gasteiger partial charge in [-0.3, -0.25) is 9.59 Å². The third-order valence-corrected chi connectivity index (χ3v) is 4.42. The van der Waals surface area contributed by atoms with Gasteiger partial charge in [0.05, 0.1) is 17.3 Å². The van der Waals surface area contributed by atoms with Crippen LogP contribution in [0, 0.1) is 6.92 Å². The van der Waals surface area contributed by atoms with E-state index in [9.17, 15) is 14.4 Å². The van der Waals surface area contributed by atoms with E-state index in [1.54, 1.807) is 6.92 Å². The molecule has 2 amide bonds. The Morgan fingerprint density at radius 1 is 1.23 bits per heavy atom. The molecule has 3 N–H and O–H groups in total. The van der Waals surface area contributed by atoms with E-state index in [2.05, 4.69) is 15.6 Å². The Balaban J connectivity index is 1.74. The van der Waals surface area contributed by atoms with Crippen LogP contribution in [0.15, 0.2) is 30.3 Å². The predicted octanol–water partition coefficient (Wildman–Crippen LogP) is 2.46. The minimum atomic E-state index is -1.07. The van der Waals surface area contributed by atoms with Gasteiger partial charge in [0.2, 0.25) is 5.91 Å². The molecule has 1 unspecified atom stereocenters. The fraction of sp³-hybridized carbons (Fsp3) is 0.263. The first-order valence-electron chi connectivity index (χ1n) is 8.29. The van der Waals surface area contributed by atoms with E-state index in [0.29, 0.717) is 18.5 Å². The second-order valence-electron chi connectivity index (χ2n) is 6.29. The van der Waals surface area contributed by atoms with Crippen molar-refractivity contribution in [3.63, 3.8) is 0 Å². The number of carboxylic acid groups (broad SMARTS) is 1. The number of pyridine rings is 1.